The standard InChI is InChI=1S/C14H12N2O4S.Na/c17-15(18)13-5-1-11(2-6-13)9-21-10-12-3-7-14(8-4-12)16(19)20;/h1-8H,9-10H2;. The Bertz CT molecular complexity index is 589. The molecule has 109 valence electrons. The van der Waals surface area contributed by atoms with Crippen molar-refractivity contribution in [3.05, 3.63) is 79.9 Å². The normalized spacial score (nSPS) is 9.82. The third-order valence-corrected chi connectivity index (χ3v) is 3.91. The van der Waals surface area contributed by atoms with E-state index in [-0.39, 0.29) is 40.9 Å². The van der Waals surface area contributed by atoms with Crippen molar-refractivity contribution in [2.45, 2.75) is 11.5 Å². The maximum absolute atomic E-state index is 10.5. The van der Waals surface area contributed by atoms with Gasteiger partial charge in [0.05, 0.1) is 9.85 Å². The molecular formula is C14H12N2NaO4S. The number of benzene rings is 2. The summed E-state index contributed by atoms with van der Waals surface area (Å²) in [6.07, 6.45) is 0. The fourth-order valence-corrected chi connectivity index (χ4v) is 2.67. The number of hydrogen-bond acceptors (Lipinski definition) is 5. The van der Waals surface area contributed by atoms with Crippen LogP contribution in [0, 0.1) is 20.2 Å². The largest absolute Gasteiger partial charge is 0.269 e. The summed E-state index contributed by atoms with van der Waals surface area (Å²) in [5.74, 6) is 1.46. The second kappa shape index (κ2) is 8.89. The van der Waals surface area contributed by atoms with Gasteiger partial charge in [0.1, 0.15) is 0 Å². The van der Waals surface area contributed by atoms with E-state index in [4.69, 9.17) is 0 Å². The molecule has 0 aliphatic carbocycles. The van der Waals surface area contributed by atoms with Crippen LogP contribution in [0.25, 0.3) is 0 Å². The summed E-state index contributed by atoms with van der Waals surface area (Å²) in [5.41, 5.74) is 2.18. The first kappa shape index (κ1) is 18.6. The van der Waals surface area contributed by atoms with E-state index in [1.807, 2.05) is 0 Å². The van der Waals surface area contributed by atoms with Gasteiger partial charge in [0.25, 0.3) is 11.4 Å². The number of nitrogens with zero attached hydrogens (tertiary/aromatic N) is 2. The molecule has 0 fully saturated rings. The monoisotopic (exact) mass is 327 g/mol. The first-order valence-corrected chi connectivity index (χ1v) is 7.26. The number of non-ortho nitro benzene ring substituents is 2. The molecule has 0 unspecified atom stereocenters. The smallest absolute Gasteiger partial charge is 0.258 e. The van der Waals surface area contributed by atoms with Crippen LogP contribution in [0.4, 0.5) is 11.4 Å². The van der Waals surface area contributed by atoms with E-state index in [2.05, 4.69) is 0 Å². The predicted octanol–water partition coefficient (Wildman–Crippen LogP) is 3.56. The molecule has 0 N–H and O–H groups in total. The predicted molar refractivity (Wildman–Crippen MR) is 86.9 cm³/mol. The van der Waals surface area contributed by atoms with Crippen molar-refractivity contribution in [3.63, 3.8) is 0 Å². The Morgan fingerprint density at radius 2 is 1.05 bits per heavy atom. The maximum Gasteiger partial charge on any atom is 0.269 e. The molecule has 0 saturated carbocycles. The van der Waals surface area contributed by atoms with E-state index in [1.54, 1.807) is 36.0 Å². The molecule has 0 heterocycles. The summed E-state index contributed by atoms with van der Waals surface area (Å²) in [5, 5.41) is 21.1. The van der Waals surface area contributed by atoms with Gasteiger partial charge in [-0.3, -0.25) is 20.2 Å². The number of nitro groups is 2. The third kappa shape index (κ3) is 5.42. The average molecular weight is 327 g/mol. The topological polar surface area (TPSA) is 86.3 Å². The summed E-state index contributed by atoms with van der Waals surface area (Å²) in [6.45, 7) is 0. The van der Waals surface area contributed by atoms with Gasteiger partial charge >= 0.3 is 0 Å². The molecule has 8 heteroatoms. The van der Waals surface area contributed by atoms with E-state index in [1.165, 1.54) is 24.3 Å². The van der Waals surface area contributed by atoms with Crippen molar-refractivity contribution >= 4 is 52.7 Å². The summed E-state index contributed by atoms with van der Waals surface area (Å²) >= 11 is 1.65. The van der Waals surface area contributed by atoms with Gasteiger partial charge in [-0.15, -0.1) is 0 Å². The van der Waals surface area contributed by atoms with Crippen LogP contribution in [0.1, 0.15) is 11.1 Å². The Morgan fingerprint density at radius 3 is 1.32 bits per heavy atom. The van der Waals surface area contributed by atoms with Crippen molar-refractivity contribution in [1.29, 1.82) is 0 Å². The van der Waals surface area contributed by atoms with Crippen LogP contribution in [0.2, 0.25) is 0 Å². The van der Waals surface area contributed by atoms with Crippen molar-refractivity contribution in [3.8, 4) is 0 Å². The molecule has 0 amide bonds. The van der Waals surface area contributed by atoms with Gasteiger partial charge in [0.2, 0.25) is 0 Å². The van der Waals surface area contributed by atoms with Gasteiger partial charge in [0.15, 0.2) is 0 Å². The van der Waals surface area contributed by atoms with Crippen LogP contribution < -0.4 is 0 Å². The molecule has 2 aromatic rings. The zero-order valence-electron chi connectivity index (χ0n) is 12.0. The molecule has 0 aliphatic rings. The summed E-state index contributed by atoms with van der Waals surface area (Å²) in [6, 6.07) is 12.9. The summed E-state index contributed by atoms with van der Waals surface area (Å²) in [4.78, 5) is 20.2. The van der Waals surface area contributed by atoms with Crippen molar-refractivity contribution in [1.82, 2.24) is 0 Å². The molecule has 22 heavy (non-hydrogen) atoms. The van der Waals surface area contributed by atoms with Gasteiger partial charge in [-0.2, -0.15) is 11.8 Å². The molecule has 0 saturated heterocycles. The zero-order chi connectivity index (χ0) is 15.2. The Balaban J connectivity index is 0.00000242. The molecule has 0 bridgehead atoms. The zero-order valence-corrected chi connectivity index (χ0v) is 14.8. The first-order chi connectivity index (χ1) is 10.1. The first-order valence-electron chi connectivity index (χ1n) is 6.10. The van der Waals surface area contributed by atoms with Gasteiger partial charge in [-0.1, -0.05) is 24.3 Å². The van der Waals surface area contributed by atoms with E-state index in [0.29, 0.717) is 0 Å². The molecule has 0 atom stereocenters. The van der Waals surface area contributed by atoms with E-state index < -0.39 is 9.85 Å². The van der Waals surface area contributed by atoms with Gasteiger partial charge in [-0.25, -0.2) is 0 Å². The Hall–Kier alpha value is -1.41. The summed E-state index contributed by atoms with van der Waals surface area (Å²) < 4.78 is 0. The minimum Gasteiger partial charge on any atom is -0.258 e. The second-order valence-electron chi connectivity index (χ2n) is 4.34. The molecule has 0 aromatic heterocycles. The van der Waals surface area contributed by atoms with Crippen molar-refractivity contribution < 1.29 is 9.85 Å². The van der Waals surface area contributed by atoms with Gasteiger partial charge in [0, 0.05) is 65.3 Å². The molecule has 6 nitrogen and oxygen atoms in total. The van der Waals surface area contributed by atoms with E-state index >= 15 is 0 Å². The quantitative estimate of drug-likeness (QED) is 0.460. The number of nitro benzene ring substituents is 2. The number of hydrogen-bond donors (Lipinski definition) is 0. The molecular weight excluding hydrogens is 315 g/mol. The molecule has 2 rings (SSSR count). The van der Waals surface area contributed by atoms with Crippen LogP contribution in [-0.4, -0.2) is 39.4 Å². The fourth-order valence-electron chi connectivity index (χ4n) is 1.71. The SMILES string of the molecule is O=[N+]([O-])c1ccc(CSCc2ccc([N+](=O)[O-])cc2)cc1.[Na]. The van der Waals surface area contributed by atoms with Crippen LogP contribution in [0.5, 0.6) is 0 Å². The Labute approximate surface area is 153 Å². The van der Waals surface area contributed by atoms with Crippen LogP contribution in [-0.2, 0) is 11.5 Å². The van der Waals surface area contributed by atoms with Gasteiger partial charge < -0.3 is 0 Å². The van der Waals surface area contributed by atoms with Gasteiger partial charge in [-0.05, 0) is 11.1 Å². The average Bonchev–Trinajstić information content (AvgIpc) is 2.48. The summed E-state index contributed by atoms with van der Waals surface area (Å²) in [7, 11) is 0. The third-order valence-electron chi connectivity index (χ3n) is 2.83. The fraction of sp³-hybridized carbons (Fsp3) is 0.143. The van der Waals surface area contributed by atoms with Crippen LogP contribution in [0.15, 0.2) is 48.5 Å². The Morgan fingerprint density at radius 1 is 0.727 bits per heavy atom. The molecule has 2 aromatic carbocycles. The van der Waals surface area contributed by atoms with E-state index in [9.17, 15) is 20.2 Å². The van der Waals surface area contributed by atoms with Crippen molar-refractivity contribution in [2.75, 3.05) is 0 Å². The van der Waals surface area contributed by atoms with Crippen LogP contribution in [0.3, 0.4) is 0 Å². The minimum atomic E-state index is -0.423. The maximum atomic E-state index is 10.5. The molecule has 0 aliphatic heterocycles. The second-order valence-corrected chi connectivity index (χ2v) is 5.33. The minimum absolute atomic E-state index is 0. The molecule has 0 spiro atoms. The van der Waals surface area contributed by atoms with Crippen molar-refractivity contribution in [2.24, 2.45) is 0 Å². The number of rotatable bonds is 6. The molecule has 1 radical (unpaired) electrons. The van der Waals surface area contributed by atoms with E-state index in [0.717, 1.165) is 22.6 Å². The number of thioether (sulfide) groups is 1. The Kier molecular flexibility index (Phi) is 7.53. The van der Waals surface area contributed by atoms with Crippen LogP contribution >= 0.6 is 11.8 Å².